The standard InChI is InChI=1S/C23H44N2O4/c1-7-15-22(3,4)19(26)14-13-18(21(28)29)25-20(27)12-10-9-11-17-24-23(5,6)16-8-2/h18,24H,7-17H2,1-6H3,(H,25,27)(H,28,29). The molecule has 0 aromatic heterocycles. The summed E-state index contributed by atoms with van der Waals surface area (Å²) in [6.07, 6.45) is 7.23. The van der Waals surface area contributed by atoms with E-state index in [4.69, 9.17) is 0 Å². The maximum Gasteiger partial charge on any atom is 0.326 e. The molecule has 3 N–H and O–H groups in total. The van der Waals surface area contributed by atoms with Crippen molar-refractivity contribution in [2.24, 2.45) is 5.41 Å². The van der Waals surface area contributed by atoms with Crippen LogP contribution >= 0.6 is 0 Å². The maximum absolute atomic E-state index is 12.3. The van der Waals surface area contributed by atoms with E-state index in [-0.39, 0.29) is 30.1 Å². The van der Waals surface area contributed by atoms with Gasteiger partial charge in [-0.15, -0.1) is 0 Å². The maximum atomic E-state index is 12.3. The second-order valence-electron chi connectivity index (χ2n) is 9.43. The van der Waals surface area contributed by atoms with Gasteiger partial charge in [0.05, 0.1) is 0 Å². The number of aliphatic carboxylic acids is 1. The first kappa shape index (κ1) is 27.6. The van der Waals surface area contributed by atoms with E-state index in [0.29, 0.717) is 6.42 Å². The quantitative estimate of drug-likeness (QED) is 0.307. The van der Waals surface area contributed by atoms with Crippen LogP contribution in [0.3, 0.4) is 0 Å². The van der Waals surface area contributed by atoms with Crippen LogP contribution in [-0.4, -0.2) is 40.9 Å². The van der Waals surface area contributed by atoms with E-state index in [1.807, 2.05) is 20.8 Å². The van der Waals surface area contributed by atoms with Crippen molar-refractivity contribution in [1.82, 2.24) is 10.6 Å². The first-order valence-electron chi connectivity index (χ1n) is 11.3. The topological polar surface area (TPSA) is 95.5 Å². The minimum atomic E-state index is -1.08. The van der Waals surface area contributed by atoms with Gasteiger partial charge < -0.3 is 15.7 Å². The normalized spacial score (nSPS) is 13.2. The van der Waals surface area contributed by atoms with Crippen LogP contribution in [0.5, 0.6) is 0 Å². The lowest BCUT2D eigenvalue weighted by atomic mass is 9.81. The van der Waals surface area contributed by atoms with Gasteiger partial charge in [-0.2, -0.15) is 0 Å². The first-order chi connectivity index (χ1) is 13.4. The summed E-state index contributed by atoms with van der Waals surface area (Å²) in [5.74, 6) is -1.28. The van der Waals surface area contributed by atoms with Crippen LogP contribution < -0.4 is 10.6 Å². The number of hydrogen-bond donors (Lipinski definition) is 3. The Morgan fingerprint density at radius 1 is 0.897 bits per heavy atom. The van der Waals surface area contributed by atoms with Crippen LogP contribution in [0.2, 0.25) is 0 Å². The lowest BCUT2D eigenvalue weighted by Crippen LogP contribution is -2.41. The fourth-order valence-electron chi connectivity index (χ4n) is 3.63. The fraction of sp³-hybridized carbons (Fsp3) is 0.870. The molecule has 1 unspecified atom stereocenters. The minimum Gasteiger partial charge on any atom is -0.480 e. The zero-order valence-corrected chi connectivity index (χ0v) is 19.5. The summed E-state index contributed by atoms with van der Waals surface area (Å²) in [5, 5.41) is 15.5. The van der Waals surface area contributed by atoms with Gasteiger partial charge in [-0.3, -0.25) is 9.59 Å². The molecule has 0 saturated heterocycles. The summed E-state index contributed by atoms with van der Waals surface area (Å²) in [7, 11) is 0. The van der Waals surface area contributed by atoms with Gasteiger partial charge in [-0.25, -0.2) is 4.79 Å². The molecule has 0 aromatic rings. The number of unbranched alkanes of at least 4 members (excludes halogenated alkanes) is 2. The Kier molecular flexibility index (Phi) is 13.1. The smallest absolute Gasteiger partial charge is 0.326 e. The van der Waals surface area contributed by atoms with E-state index < -0.39 is 17.4 Å². The molecule has 0 aliphatic rings. The zero-order chi connectivity index (χ0) is 22.5. The Bertz CT molecular complexity index is 515. The van der Waals surface area contributed by atoms with Crippen LogP contribution in [0.4, 0.5) is 0 Å². The summed E-state index contributed by atoms with van der Waals surface area (Å²) in [6, 6.07) is -1.000. The third kappa shape index (κ3) is 12.7. The second kappa shape index (κ2) is 13.7. The molecule has 0 bridgehead atoms. The lowest BCUT2D eigenvalue weighted by molar-refractivity contribution is -0.142. The SMILES string of the molecule is CCCC(C)(C)NCCCCCC(=O)NC(CCC(=O)C(C)(C)CCC)C(=O)O. The monoisotopic (exact) mass is 412 g/mol. The number of amides is 1. The second-order valence-corrected chi connectivity index (χ2v) is 9.43. The van der Waals surface area contributed by atoms with Crippen molar-refractivity contribution in [3.8, 4) is 0 Å². The molecule has 0 spiro atoms. The fourth-order valence-corrected chi connectivity index (χ4v) is 3.63. The minimum absolute atomic E-state index is 0.0540. The van der Waals surface area contributed by atoms with Gasteiger partial charge in [0.25, 0.3) is 0 Å². The van der Waals surface area contributed by atoms with Crippen molar-refractivity contribution < 1.29 is 19.5 Å². The highest BCUT2D eigenvalue weighted by Gasteiger charge is 2.28. The molecule has 0 fully saturated rings. The number of carboxylic acid groups (broad SMARTS) is 1. The molecular formula is C23H44N2O4. The van der Waals surface area contributed by atoms with Crippen LogP contribution in [0.25, 0.3) is 0 Å². The Balaban J connectivity index is 4.20. The van der Waals surface area contributed by atoms with Gasteiger partial charge in [0, 0.05) is 23.8 Å². The Morgan fingerprint density at radius 3 is 2.07 bits per heavy atom. The highest BCUT2D eigenvalue weighted by molar-refractivity contribution is 5.86. The molecule has 0 radical (unpaired) electrons. The van der Waals surface area contributed by atoms with Gasteiger partial charge in [0.15, 0.2) is 0 Å². The van der Waals surface area contributed by atoms with E-state index in [0.717, 1.165) is 51.5 Å². The third-order valence-electron chi connectivity index (χ3n) is 5.48. The van der Waals surface area contributed by atoms with E-state index in [9.17, 15) is 19.5 Å². The van der Waals surface area contributed by atoms with Crippen molar-refractivity contribution in [3.05, 3.63) is 0 Å². The third-order valence-corrected chi connectivity index (χ3v) is 5.48. The Labute approximate surface area is 177 Å². The molecule has 0 saturated carbocycles. The molecule has 6 nitrogen and oxygen atoms in total. The van der Waals surface area contributed by atoms with Crippen LogP contribution in [0.1, 0.15) is 106 Å². The number of carbonyl (C=O) groups excluding carboxylic acids is 2. The first-order valence-corrected chi connectivity index (χ1v) is 11.3. The predicted molar refractivity (Wildman–Crippen MR) is 118 cm³/mol. The average molecular weight is 413 g/mol. The average Bonchev–Trinajstić information content (AvgIpc) is 2.60. The molecule has 0 aliphatic carbocycles. The van der Waals surface area contributed by atoms with Crippen molar-refractivity contribution in [2.45, 2.75) is 117 Å². The highest BCUT2D eigenvalue weighted by atomic mass is 16.4. The van der Waals surface area contributed by atoms with Crippen molar-refractivity contribution >= 4 is 17.7 Å². The molecule has 29 heavy (non-hydrogen) atoms. The molecule has 0 rings (SSSR count). The molecule has 1 amide bonds. The molecule has 0 aliphatic heterocycles. The highest BCUT2D eigenvalue weighted by Crippen LogP contribution is 2.25. The molecule has 1 atom stereocenters. The van der Waals surface area contributed by atoms with E-state index in [1.54, 1.807) is 0 Å². The summed E-state index contributed by atoms with van der Waals surface area (Å²) in [4.78, 5) is 35.9. The van der Waals surface area contributed by atoms with Gasteiger partial charge in [0.1, 0.15) is 11.8 Å². The summed E-state index contributed by atoms with van der Waals surface area (Å²) in [6.45, 7) is 13.3. The molecule has 0 heterocycles. The van der Waals surface area contributed by atoms with Gasteiger partial charge in [0.2, 0.25) is 5.91 Å². The van der Waals surface area contributed by atoms with Crippen molar-refractivity contribution in [1.29, 1.82) is 0 Å². The summed E-state index contributed by atoms with van der Waals surface area (Å²) < 4.78 is 0. The number of Topliss-reactive ketones (excluding diaryl/α,β-unsaturated/α-hetero) is 1. The Hall–Kier alpha value is -1.43. The van der Waals surface area contributed by atoms with Crippen LogP contribution in [0.15, 0.2) is 0 Å². The molecular weight excluding hydrogens is 368 g/mol. The summed E-state index contributed by atoms with van der Waals surface area (Å²) in [5.41, 5.74) is -0.300. The van der Waals surface area contributed by atoms with Crippen molar-refractivity contribution in [2.75, 3.05) is 6.54 Å². The van der Waals surface area contributed by atoms with Gasteiger partial charge >= 0.3 is 5.97 Å². The molecule has 0 aromatic carbocycles. The zero-order valence-electron chi connectivity index (χ0n) is 19.5. The predicted octanol–water partition coefficient (Wildman–Crippen LogP) is 4.46. The number of rotatable bonds is 17. The lowest BCUT2D eigenvalue weighted by Gasteiger charge is -2.25. The summed E-state index contributed by atoms with van der Waals surface area (Å²) >= 11 is 0. The number of hydrogen-bond acceptors (Lipinski definition) is 4. The van der Waals surface area contributed by atoms with Crippen LogP contribution in [-0.2, 0) is 14.4 Å². The van der Waals surface area contributed by atoms with E-state index in [1.165, 1.54) is 0 Å². The van der Waals surface area contributed by atoms with Crippen LogP contribution in [0, 0.1) is 5.41 Å². The van der Waals surface area contributed by atoms with E-state index in [2.05, 4.69) is 31.4 Å². The largest absolute Gasteiger partial charge is 0.480 e. The van der Waals surface area contributed by atoms with E-state index >= 15 is 0 Å². The van der Waals surface area contributed by atoms with Gasteiger partial charge in [-0.1, -0.05) is 47.0 Å². The number of carbonyl (C=O) groups is 3. The van der Waals surface area contributed by atoms with Gasteiger partial charge in [-0.05, 0) is 52.5 Å². The number of ketones is 1. The molecule has 170 valence electrons. The number of nitrogens with one attached hydrogen (secondary N) is 2. The molecule has 6 heteroatoms. The van der Waals surface area contributed by atoms with Crippen molar-refractivity contribution in [3.63, 3.8) is 0 Å². The number of carboxylic acids is 1. The Morgan fingerprint density at radius 2 is 1.52 bits per heavy atom.